The monoisotopic (exact) mass is 270 g/mol. The van der Waals surface area contributed by atoms with Crippen molar-refractivity contribution in [2.24, 2.45) is 0 Å². The van der Waals surface area contributed by atoms with Gasteiger partial charge in [0.2, 0.25) is 0 Å². The minimum atomic E-state index is 0.928. The van der Waals surface area contributed by atoms with Crippen LogP contribution in [0, 0.1) is 0 Å². The van der Waals surface area contributed by atoms with Crippen molar-refractivity contribution in [1.82, 2.24) is 20.2 Å². The zero-order chi connectivity index (χ0) is 10.5. The van der Waals surface area contributed by atoms with Crippen molar-refractivity contribution in [3.05, 3.63) is 22.7 Å². The Kier molecular flexibility index (Phi) is 4.05. The number of nitrogens with one attached hydrogen (secondary N) is 1. The highest BCUT2D eigenvalue weighted by Gasteiger charge is 2.09. The molecule has 0 amide bonds. The Bertz CT molecular complexity index is 295. The molecule has 82 valence electrons. The molecule has 5 heteroatoms. The Morgan fingerprint density at radius 3 is 2.60 bits per heavy atom. The molecule has 1 aromatic heterocycles. The van der Waals surface area contributed by atoms with Crippen LogP contribution in [0.25, 0.3) is 0 Å². The van der Waals surface area contributed by atoms with Gasteiger partial charge in [-0.3, -0.25) is 0 Å². The van der Waals surface area contributed by atoms with Crippen LogP contribution in [0.2, 0.25) is 0 Å². The fraction of sp³-hybridized carbons (Fsp3) is 0.600. The predicted molar refractivity (Wildman–Crippen MR) is 62.7 cm³/mol. The zero-order valence-corrected chi connectivity index (χ0v) is 10.2. The number of nitrogens with zero attached hydrogens (tertiary/aromatic N) is 3. The summed E-state index contributed by atoms with van der Waals surface area (Å²) in [6.07, 6.45) is 4.55. The van der Waals surface area contributed by atoms with Crippen LogP contribution in [-0.2, 0) is 6.42 Å². The number of rotatable bonds is 3. The van der Waals surface area contributed by atoms with Gasteiger partial charge in [0.15, 0.2) is 0 Å². The molecule has 0 aromatic carbocycles. The summed E-state index contributed by atoms with van der Waals surface area (Å²) < 4.78 is 0.938. The molecule has 2 rings (SSSR count). The molecule has 1 N–H and O–H groups in total. The molecular formula is C10H15BrN4. The zero-order valence-electron chi connectivity index (χ0n) is 8.62. The van der Waals surface area contributed by atoms with Crippen LogP contribution >= 0.6 is 15.9 Å². The fourth-order valence-electron chi connectivity index (χ4n) is 1.66. The summed E-state index contributed by atoms with van der Waals surface area (Å²) in [6, 6.07) is 0. The normalized spacial score (nSPS) is 17.9. The van der Waals surface area contributed by atoms with Crippen LogP contribution in [0.3, 0.4) is 0 Å². The molecule has 0 saturated carbocycles. The molecule has 0 aliphatic carbocycles. The summed E-state index contributed by atoms with van der Waals surface area (Å²) in [5.41, 5.74) is 0. The van der Waals surface area contributed by atoms with Crippen LogP contribution < -0.4 is 5.32 Å². The Balaban J connectivity index is 1.79. The maximum absolute atomic E-state index is 4.26. The topological polar surface area (TPSA) is 41.1 Å². The van der Waals surface area contributed by atoms with Gasteiger partial charge < -0.3 is 10.2 Å². The molecule has 2 heterocycles. The minimum absolute atomic E-state index is 0.928. The van der Waals surface area contributed by atoms with Crippen molar-refractivity contribution in [1.29, 1.82) is 0 Å². The van der Waals surface area contributed by atoms with Crippen molar-refractivity contribution in [3.63, 3.8) is 0 Å². The molecule has 0 unspecified atom stereocenters. The Hall–Kier alpha value is -0.520. The molecule has 0 atom stereocenters. The third-order valence-electron chi connectivity index (χ3n) is 2.54. The molecule has 0 radical (unpaired) electrons. The van der Waals surface area contributed by atoms with Crippen LogP contribution in [0.1, 0.15) is 5.82 Å². The highest BCUT2D eigenvalue weighted by Crippen LogP contribution is 2.05. The maximum Gasteiger partial charge on any atom is 0.129 e. The van der Waals surface area contributed by atoms with E-state index in [0.717, 1.165) is 49.4 Å². The first-order chi connectivity index (χ1) is 7.34. The van der Waals surface area contributed by atoms with E-state index in [1.54, 1.807) is 12.4 Å². The summed E-state index contributed by atoms with van der Waals surface area (Å²) in [5, 5.41) is 3.34. The fourth-order valence-corrected chi connectivity index (χ4v) is 1.87. The van der Waals surface area contributed by atoms with Crippen molar-refractivity contribution in [3.8, 4) is 0 Å². The van der Waals surface area contributed by atoms with Crippen molar-refractivity contribution >= 4 is 15.9 Å². The lowest BCUT2D eigenvalue weighted by molar-refractivity contribution is 0.242. The van der Waals surface area contributed by atoms with Gasteiger partial charge in [0, 0.05) is 51.5 Å². The molecule has 1 aliphatic heterocycles. The average Bonchev–Trinajstić information content (AvgIpc) is 2.30. The first kappa shape index (κ1) is 11.0. The second-order valence-electron chi connectivity index (χ2n) is 3.66. The van der Waals surface area contributed by atoms with E-state index in [-0.39, 0.29) is 0 Å². The van der Waals surface area contributed by atoms with Crippen LogP contribution in [0.15, 0.2) is 16.9 Å². The largest absolute Gasteiger partial charge is 0.314 e. The molecule has 15 heavy (non-hydrogen) atoms. The summed E-state index contributed by atoms with van der Waals surface area (Å²) in [5.74, 6) is 0.928. The Morgan fingerprint density at radius 1 is 1.27 bits per heavy atom. The smallest absolute Gasteiger partial charge is 0.129 e. The lowest BCUT2D eigenvalue weighted by atomic mass is 10.3. The highest BCUT2D eigenvalue weighted by atomic mass is 79.9. The van der Waals surface area contributed by atoms with Crippen molar-refractivity contribution in [2.45, 2.75) is 6.42 Å². The maximum atomic E-state index is 4.26. The molecular weight excluding hydrogens is 256 g/mol. The van der Waals surface area contributed by atoms with Gasteiger partial charge in [-0.1, -0.05) is 0 Å². The standard InChI is InChI=1S/C10H15BrN4/c11-9-7-13-10(14-8-9)1-4-15-5-2-12-3-6-15/h7-8,12H,1-6H2. The van der Waals surface area contributed by atoms with Gasteiger partial charge in [0.05, 0.1) is 4.47 Å². The second-order valence-corrected chi connectivity index (χ2v) is 4.57. The number of hydrogen-bond donors (Lipinski definition) is 1. The quantitative estimate of drug-likeness (QED) is 0.878. The average molecular weight is 271 g/mol. The van der Waals surface area contributed by atoms with E-state index < -0.39 is 0 Å². The first-order valence-electron chi connectivity index (χ1n) is 5.24. The van der Waals surface area contributed by atoms with Gasteiger partial charge in [-0.2, -0.15) is 0 Å². The van der Waals surface area contributed by atoms with Gasteiger partial charge in [-0.15, -0.1) is 0 Å². The SMILES string of the molecule is Brc1cnc(CCN2CCNCC2)nc1. The van der Waals surface area contributed by atoms with Gasteiger partial charge in [-0.05, 0) is 15.9 Å². The molecule has 1 aliphatic rings. The summed E-state index contributed by atoms with van der Waals surface area (Å²) in [6.45, 7) is 5.53. The third kappa shape index (κ3) is 3.52. The molecule has 0 bridgehead atoms. The van der Waals surface area contributed by atoms with E-state index >= 15 is 0 Å². The lowest BCUT2D eigenvalue weighted by Gasteiger charge is -2.26. The van der Waals surface area contributed by atoms with E-state index in [4.69, 9.17) is 0 Å². The van der Waals surface area contributed by atoms with Crippen LogP contribution in [0.4, 0.5) is 0 Å². The van der Waals surface area contributed by atoms with Crippen LogP contribution in [0.5, 0.6) is 0 Å². The Labute approximate surface area is 98.2 Å². The Morgan fingerprint density at radius 2 is 1.93 bits per heavy atom. The van der Waals surface area contributed by atoms with E-state index in [2.05, 4.69) is 36.1 Å². The van der Waals surface area contributed by atoms with Gasteiger partial charge >= 0.3 is 0 Å². The van der Waals surface area contributed by atoms with Gasteiger partial charge in [-0.25, -0.2) is 9.97 Å². The van der Waals surface area contributed by atoms with Crippen LogP contribution in [-0.4, -0.2) is 47.6 Å². The number of piperazine rings is 1. The van der Waals surface area contributed by atoms with E-state index in [1.165, 1.54) is 0 Å². The van der Waals surface area contributed by atoms with Crippen molar-refractivity contribution < 1.29 is 0 Å². The van der Waals surface area contributed by atoms with Crippen molar-refractivity contribution in [2.75, 3.05) is 32.7 Å². The summed E-state index contributed by atoms with van der Waals surface area (Å²) in [4.78, 5) is 11.0. The molecule has 4 nitrogen and oxygen atoms in total. The van der Waals surface area contributed by atoms with E-state index in [9.17, 15) is 0 Å². The number of aromatic nitrogens is 2. The highest BCUT2D eigenvalue weighted by molar-refractivity contribution is 9.10. The summed E-state index contributed by atoms with van der Waals surface area (Å²) in [7, 11) is 0. The van der Waals surface area contributed by atoms with Gasteiger partial charge in [0.1, 0.15) is 5.82 Å². The second kappa shape index (κ2) is 5.53. The minimum Gasteiger partial charge on any atom is -0.314 e. The predicted octanol–water partition coefficient (Wildman–Crippen LogP) is 0.687. The molecule has 1 aromatic rings. The molecule has 1 saturated heterocycles. The first-order valence-corrected chi connectivity index (χ1v) is 6.03. The van der Waals surface area contributed by atoms with Gasteiger partial charge in [0.25, 0.3) is 0 Å². The van der Waals surface area contributed by atoms with E-state index in [0.29, 0.717) is 0 Å². The molecule has 0 spiro atoms. The molecule has 1 fully saturated rings. The number of halogens is 1. The van der Waals surface area contributed by atoms with E-state index in [1.807, 2.05) is 0 Å². The summed E-state index contributed by atoms with van der Waals surface area (Å²) >= 11 is 3.33. The lowest BCUT2D eigenvalue weighted by Crippen LogP contribution is -2.44. The third-order valence-corrected chi connectivity index (χ3v) is 2.94. The number of hydrogen-bond acceptors (Lipinski definition) is 4.